The van der Waals surface area contributed by atoms with E-state index < -0.39 is 7.60 Å². The predicted octanol–water partition coefficient (Wildman–Crippen LogP) is 3.24. The first-order valence-electron chi connectivity index (χ1n) is 6.36. The molecule has 0 N–H and O–H groups in total. The Bertz CT molecular complexity index is 471. The number of hydrogen-bond acceptors (Lipinski definition) is 4. The lowest BCUT2D eigenvalue weighted by Gasteiger charge is -2.35. The van der Waals surface area contributed by atoms with Gasteiger partial charge in [0.25, 0.3) is 0 Å². The molecule has 19 heavy (non-hydrogen) atoms. The molecule has 1 aromatic carbocycles. The molecule has 1 aromatic rings. The highest BCUT2D eigenvalue weighted by atomic mass is 31.2. The van der Waals surface area contributed by atoms with Crippen molar-refractivity contribution in [3.05, 3.63) is 35.9 Å². The quantitative estimate of drug-likeness (QED) is 0.752. The zero-order valence-corrected chi connectivity index (χ0v) is 12.1. The molecule has 1 aliphatic carbocycles. The Hall–Kier alpha value is -0.960. The van der Waals surface area contributed by atoms with Gasteiger partial charge in [0.2, 0.25) is 0 Å². The molecule has 0 radical (unpaired) electrons. The third-order valence-electron chi connectivity index (χ3n) is 3.77. The molecule has 0 spiro atoms. The van der Waals surface area contributed by atoms with E-state index in [9.17, 15) is 9.36 Å². The molecule has 4 nitrogen and oxygen atoms in total. The molecular weight excluding hydrogens is 263 g/mol. The predicted molar refractivity (Wildman–Crippen MR) is 73.4 cm³/mol. The summed E-state index contributed by atoms with van der Waals surface area (Å²) in [5, 5.41) is 0. The average Bonchev–Trinajstić information content (AvgIpc) is 2.38. The van der Waals surface area contributed by atoms with Gasteiger partial charge in [0, 0.05) is 20.1 Å². The summed E-state index contributed by atoms with van der Waals surface area (Å²) < 4.78 is 21.5. The van der Waals surface area contributed by atoms with Crippen LogP contribution >= 0.6 is 7.60 Å². The molecule has 0 aromatic heterocycles. The molecule has 0 unspecified atom stereocenters. The molecular formula is C14H19O4P. The Morgan fingerprint density at radius 1 is 1.21 bits per heavy atom. The molecule has 0 bridgehead atoms. The van der Waals surface area contributed by atoms with Crippen LogP contribution in [0.25, 0.3) is 0 Å². The Balaban J connectivity index is 1.87. The number of carbonyl (C=O) groups is 1. The van der Waals surface area contributed by atoms with Gasteiger partial charge < -0.3 is 9.05 Å². The van der Waals surface area contributed by atoms with Crippen molar-refractivity contribution >= 4 is 13.4 Å². The van der Waals surface area contributed by atoms with Crippen molar-refractivity contribution in [3.8, 4) is 0 Å². The summed E-state index contributed by atoms with van der Waals surface area (Å²) in [5.41, 5.74) is 1.27. The van der Waals surface area contributed by atoms with Crippen molar-refractivity contribution in [1.82, 2.24) is 0 Å². The molecule has 104 valence electrons. The topological polar surface area (TPSA) is 52.6 Å². The monoisotopic (exact) mass is 282 g/mol. The Morgan fingerprint density at radius 3 is 2.32 bits per heavy atom. The van der Waals surface area contributed by atoms with Crippen LogP contribution in [0.15, 0.2) is 30.3 Å². The van der Waals surface area contributed by atoms with Crippen LogP contribution in [-0.2, 0) is 18.4 Å². The first-order chi connectivity index (χ1) is 9.08. The van der Waals surface area contributed by atoms with Crippen LogP contribution in [0.3, 0.4) is 0 Å². The zero-order valence-electron chi connectivity index (χ0n) is 11.2. The maximum atomic E-state index is 12.0. The molecule has 2 rings (SSSR count). The van der Waals surface area contributed by atoms with Crippen LogP contribution in [0.5, 0.6) is 0 Å². The normalized spacial score (nSPS) is 22.8. The summed E-state index contributed by atoms with van der Waals surface area (Å²) in [5.74, 6) is 0.419. The second-order valence-electron chi connectivity index (χ2n) is 4.88. The maximum Gasteiger partial charge on any atom is 0.337 e. The second kappa shape index (κ2) is 6.00. The minimum atomic E-state index is -3.21. The van der Waals surface area contributed by atoms with Crippen LogP contribution in [0, 0.1) is 5.92 Å². The van der Waals surface area contributed by atoms with E-state index >= 15 is 0 Å². The van der Waals surface area contributed by atoms with Gasteiger partial charge in [-0.05, 0) is 24.3 Å². The van der Waals surface area contributed by atoms with Gasteiger partial charge in [0.1, 0.15) is 11.9 Å². The number of carbonyl (C=O) groups excluding carboxylic acids is 1. The summed E-state index contributed by atoms with van der Waals surface area (Å²) in [4.78, 5) is 12.0. The number of rotatable bonds is 6. The SMILES string of the molecule is COP(=O)(CC(=O)C1CC(c2ccccc2)C1)OC. The molecule has 1 saturated carbocycles. The highest BCUT2D eigenvalue weighted by Gasteiger charge is 2.38. The highest BCUT2D eigenvalue weighted by Crippen LogP contribution is 2.49. The van der Waals surface area contributed by atoms with E-state index in [-0.39, 0.29) is 17.9 Å². The van der Waals surface area contributed by atoms with Crippen molar-refractivity contribution < 1.29 is 18.4 Å². The van der Waals surface area contributed by atoms with E-state index in [0.29, 0.717) is 5.92 Å². The van der Waals surface area contributed by atoms with Crippen molar-refractivity contribution in [1.29, 1.82) is 0 Å². The van der Waals surface area contributed by atoms with Crippen LogP contribution in [0.2, 0.25) is 0 Å². The Kier molecular flexibility index (Phi) is 4.56. The van der Waals surface area contributed by atoms with Gasteiger partial charge in [-0.25, -0.2) is 0 Å². The van der Waals surface area contributed by atoms with Crippen LogP contribution < -0.4 is 0 Å². The van der Waals surface area contributed by atoms with Crippen LogP contribution in [0.4, 0.5) is 0 Å². The minimum Gasteiger partial charge on any atom is -0.312 e. The van der Waals surface area contributed by atoms with Gasteiger partial charge in [-0.15, -0.1) is 0 Å². The third kappa shape index (κ3) is 3.33. The van der Waals surface area contributed by atoms with Crippen molar-refractivity contribution in [2.24, 2.45) is 5.92 Å². The average molecular weight is 282 g/mol. The highest BCUT2D eigenvalue weighted by molar-refractivity contribution is 7.54. The lowest BCUT2D eigenvalue weighted by molar-refractivity contribution is -0.123. The molecule has 0 amide bonds. The van der Waals surface area contributed by atoms with Crippen LogP contribution in [-0.4, -0.2) is 26.2 Å². The van der Waals surface area contributed by atoms with E-state index in [4.69, 9.17) is 9.05 Å². The lowest BCUT2D eigenvalue weighted by Crippen LogP contribution is -2.31. The molecule has 5 heteroatoms. The van der Waals surface area contributed by atoms with Crippen molar-refractivity contribution in [2.45, 2.75) is 18.8 Å². The summed E-state index contributed by atoms with van der Waals surface area (Å²) in [6, 6.07) is 10.2. The van der Waals surface area contributed by atoms with Gasteiger partial charge in [0.05, 0.1) is 0 Å². The first-order valence-corrected chi connectivity index (χ1v) is 8.09. The Morgan fingerprint density at radius 2 is 1.79 bits per heavy atom. The second-order valence-corrected chi connectivity index (χ2v) is 7.14. The van der Waals surface area contributed by atoms with Gasteiger partial charge in [0.15, 0.2) is 0 Å². The number of Topliss-reactive ketones (excluding diaryl/α,β-unsaturated/α-hetero) is 1. The lowest BCUT2D eigenvalue weighted by atomic mass is 9.70. The Labute approximate surface area is 113 Å². The summed E-state index contributed by atoms with van der Waals surface area (Å²) in [7, 11) is -0.590. The third-order valence-corrected chi connectivity index (χ3v) is 5.58. The van der Waals surface area contributed by atoms with Gasteiger partial charge in [-0.3, -0.25) is 9.36 Å². The summed E-state index contributed by atoms with van der Waals surface area (Å²) in [6.45, 7) is 0. The minimum absolute atomic E-state index is 0.0103. The van der Waals surface area contributed by atoms with Crippen molar-refractivity contribution in [2.75, 3.05) is 20.4 Å². The molecule has 1 fully saturated rings. The first kappa shape index (κ1) is 14.4. The standard InChI is InChI=1S/C14H19O4P/c1-17-19(16,18-2)10-14(15)13-8-12(9-13)11-6-4-3-5-7-11/h3-7,12-13H,8-10H2,1-2H3. The molecule has 0 aliphatic heterocycles. The number of benzene rings is 1. The molecule has 0 atom stereocenters. The number of ketones is 1. The van der Waals surface area contributed by atoms with E-state index in [1.807, 2.05) is 18.2 Å². The zero-order chi connectivity index (χ0) is 13.9. The summed E-state index contributed by atoms with van der Waals surface area (Å²) >= 11 is 0. The fraction of sp³-hybridized carbons (Fsp3) is 0.500. The van der Waals surface area contributed by atoms with Crippen LogP contribution in [0.1, 0.15) is 24.3 Å². The van der Waals surface area contributed by atoms with E-state index in [1.54, 1.807) is 0 Å². The molecule has 1 aliphatic rings. The van der Waals surface area contributed by atoms with Crippen molar-refractivity contribution in [3.63, 3.8) is 0 Å². The van der Waals surface area contributed by atoms with E-state index in [1.165, 1.54) is 19.8 Å². The molecule has 0 saturated heterocycles. The fourth-order valence-corrected chi connectivity index (χ4v) is 3.45. The number of hydrogen-bond donors (Lipinski definition) is 0. The summed E-state index contributed by atoms with van der Waals surface area (Å²) in [6.07, 6.45) is 1.54. The smallest absolute Gasteiger partial charge is 0.312 e. The fourth-order valence-electron chi connectivity index (χ4n) is 2.40. The van der Waals surface area contributed by atoms with Gasteiger partial charge >= 0.3 is 7.60 Å². The van der Waals surface area contributed by atoms with E-state index in [0.717, 1.165) is 12.8 Å². The molecule has 0 heterocycles. The largest absolute Gasteiger partial charge is 0.337 e. The maximum absolute atomic E-state index is 12.0. The van der Waals surface area contributed by atoms with Gasteiger partial charge in [-0.1, -0.05) is 30.3 Å². The van der Waals surface area contributed by atoms with Gasteiger partial charge in [-0.2, -0.15) is 0 Å². The van der Waals surface area contributed by atoms with E-state index in [2.05, 4.69) is 12.1 Å².